The maximum absolute atomic E-state index is 10.2. The van der Waals surface area contributed by atoms with Crippen LogP contribution < -0.4 is 0 Å². The smallest absolute Gasteiger partial charge is 0.0842 e. The van der Waals surface area contributed by atoms with E-state index in [0.717, 1.165) is 17.9 Å². The Morgan fingerprint density at radius 3 is 1.63 bits per heavy atom. The van der Waals surface area contributed by atoms with E-state index in [4.69, 9.17) is 0 Å². The van der Waals surface area contributed by atoms with Gasteiger partial charge in [-0.2, -0.15) is 23.5 Å². The molecule has 0 aliphatic rings. The molecule has 0 radical (unpaired) electrons. The molecule has 0 aromatic carbocycles. The average Bonchev–Trinajstić information content (AvgIpc) is 2.33. The van der Waals surface area contributed by atoms with Crippen molar-refractivity contribution in [1.29, 1.82) is 0 Å². The quantitative estimate of drug-likeness (QED) is 0.383. The summed E-state index contributed by atoms with van der Waals surface area (Å²) in [5.41, 5.74) is 0. The molecule has 116 valence electrons. The summed E-state index contributed by atoms with van der Waals surface area (Å²) in [6, 6.07) is 0. The lowest BCUT2D eigenvalue weighted by molar-refractivity contribution is 0.303. The average molecular weight is 351 g/mol. The molecule has 0 N–H and O–H groups in total. The number of rotatable bonds is 12. The van der Waals surface area contributed by atoms with E-state index in [1.54, 1.807) is 23.5 Å². The molecule has 0 amide bonds. The van der Waals surface area contributed by atoms with Crippen molar-refractivity contribution in [3.63, 3.8) is 0 Å². The first-order valence-corrected chi connectivity index (χ1v) is 9.69. The van der Waals surface area contributed by atoms with Gasteiger partial charge >= 0.3 is 0 Å². The normalized spacial score (nSPS) is 17.9. The fourth-order valence-corrected chi connectivity index (χ4v) is 3.77. The Labute approximate surface area is 127 Å². The predicted octanol–water partition coefficient (Wildman–Crippen LogP) is 1.24. The molecule has 0 aliphatic heterocycles. The molecule has 4 unspecified atom stereocenters. The van der Waals surface area contributed by atoms with E-state index in [-0.39, 0.29) is 23.7 Å². The molecule has 0 rings (SSSR count). The van der Waals surface area contributed by atoms with Gasteiger partial charge in [0.1, 0.15) is 0 Å². The number of hydrogen-bond donors (Lipinski definition) is 0. The lowest BCUT2D eigenvalue weighted by Gasteiger charge is -2.14. The van der Waals surface area contributed by atoms with Gasteiger partial charge in [0.15, 0.2) is 0 Å². The van der Waals surface area contributed by atoms with E-state index in [0.29, 0.717) is 0 Å². The third-order valence-electron chi connectivity index (χ3n) is 1.89. The van der Waals surface area contributed by atoms with E-state index >= 15 is 0 Å². The predicted molar refractivity (Wildman–Crippen MR) is 78.2 cm³/mol. The summed E-state index contributed by atoms with van der Waals surface area (Å²) in [7, 11) is 0. The largest absolute Gasteiger partial charge is 0.750 e. The van der Waals surface area contributed by atoms with Gasteiger partial charge in [-0.3, -0.25) is 8.37 Å². The first-order valence-electron chi connectivity index (χ1n) is 5.60. The summed E-state index contributed by atoms with van der Waals surface area (Å²) in [6.07, 6.45) is 0.963. The van der Waals surface area contributed by atoms with Gasteiger partial charge in [-0.25, -0.2) is 8.42 Å². The van der Waals surface area contributed by atoms with E-state index in [1.165, 1.54) is 0 Å². The Hall–Kier alpha value is 0.840. The fourth-order valence-electron chi connectivity index (χ4n) is 1.03. The molecule has 0 saturated heterocycles. The molecule has 0 aromatic rings. The Morgan fingerprint density at radius 1 is 0.947 bits per heavy atom. The SMILES string of the molecule is CC(COS(=O)[O-])SCCCSC(C)COS(=O)[O-]. The van der Waals surface area contributed by atoms with Crippen LogP contribution in [0.15, 0.2) is 0 Å². The molecule has 0 bridgehead atoms. The van der Waals surface area contributed by atoms with Crippen LogP contribution in [-0.4, -0.2) is 52.7 Å². The van der Waals surface area contributed by atoms with Crippen LogP contribution in [0.4, 0.5) is 0 Å². The summed E-state index contributed by atoms with van der Waals surface area (Å²) < 4.78 is 49.6. The second-order valence-corrected chi connectivity index (χ2v) is 8.07. The number of thioether (sulfide) groups is 2. The zero-order valence-corrected chi connectivity index (χ0v) is 14.0. The fraction of sp³-hybridized carbons (Fsp3) is 1.00. The highest BCUT2D eigenvalue weighted by atomic mass is 32.2. The Balaban J connectivity index is 3.38. The van der Waals surface area contributed by atoms with E-state index in [9.17, 15) is 17.5 Å². The van der Waals surface area contributed by atoms with Gasteiger partial charge in [0, 0.05) is 10.5 Å². The van der Waals surface area contributed by atoms with Crippen LogP contribution in [0.2, 0.25) is 0 Å². The minimum absolute atomic E-state index is 0.131. The first kappa shape index (κ1) is 19.8. The van der Waals surface area contributed by atoms with E-state index < -0.39 is 22.7 Å². The van der Waals surface area contributed by atoms with Crippen molar-refractivity contribution in [3.05, 3.63) is 0 Å². The summed E-state index contributed by atoms with van der Waals surface area (Å²) >= 11 is -1.59. The van der Waals surface area contributed by atoms with Crippen molar-refractivity contribution >= 4 is 46.2 Å². The summed E-state index contributed by atoms with van der Waals surface area (Å²) in [6.45, 7) is 4.19. The Kier molecular flexibility index (Phi) is 13.1. The van der Waals surface area contributed by atoms with Crippen molar-refractivity contribution in [2.75, 3.05) is 24.7 Å². The lowest BCUT2D eigenvalue weighted by atomic mass is 10.5. The Bertz CT molecular complexity index is 251. The molecule has 6 nitrogen and oxygen atoms in total. The lowest BCUT2D eigenvalue weighted by Crippen LogP contribution is -2.11. The van der Waals surface area contributed by atoms with Gasteiger partial charge in [-0.15, -0.1) is 0 Å². The molecule has 0 saturated carbocycles. The van der Waals surface area contributed by atoms with Gasteiger partial charge in [-0.05, 0) is 17.9 Å². The molecule has 0 aromatic heterocycles. The van der Waals surface area contributed by atoms with Crippen LogP contribution in [0, 0.1) is 0 Å². The molecule has 0 fully saturated rings. The maximum atomic E-state index is 10.2. The molecule has 0 spiro atoms. The van der Waals surface area contributed by atoms with Crippen LogP contribution in [0.25, 0.3) is 0 Å². The van der Waals surface area contributed by atoms with Gasteiger partial charge < -0.3 is 9.11 Å². The van der Waals surface area contributed by atoms with Gasteiger partial charge in [-0.1, -0.05) is 13.8 Å². The number of hydrogen-bond acceptors (Lipinski definition) is 8. The highest BCUT2D eigenvalue weighted by molar-refractivity contribution is 8.00. The van der Waals surface area contributed by atoms with E-state index in [2.05, 4.69) is 8.37 Å². The molecule has 10 heteroatoms. The van der Waals surface area contributed by atoms with Crippen molar-refractivity contribution in [2.45, 2.75) is 30.8 Å². The molecular weight excluding hydrogens is 332 g/mol. The minimum Gasteiger partial charge on any atom is -0.750 e. The van der Waals surface area contributed by atoms with E-state index in [1.807, 2.05) is 13.8 Å². The summed E-state index contributed by atoms with van der Waals surface area (Å²) in [5, 5.41) is 0.262. The first-order chi connectivity index (χ1) is 8.91. The van der Waals surface area contributed by atoms with Crippen LogP contribution in [0.5, 0.6) is 0 Å². The second-order valence-electron chi connectivity index (χ2n) is 3.69. The molecule has 4 atom stereocenters. The maximum Gasteiger partial charge on any atom is 0.0842 e. The zero-order valence-electron chi connectivity index (χ0n) is 10.8. The standard InChI is InChI=1S/C9H20O6S4/c1-8(6-14-18(10)11)16-4-3-5-17-9(2)7-15-19(12)13/h8-9H,3-7H2,1-2H3,(H,10,11)(H,12,13)/p-2. The Morgan fingerprint density at radius 2 is 1.32 bits per heavy atom. The third kappa shape index (κ3) is 15.1. The second kappa shape index (κ2) is 12.6. The van der Waals surface area contributed by atoms with Crippen LogP contribution >= 0.6 is 23.5 Å². The zero-order chi connectivity index (χ0) is 14.7. The van der Waals surface area contributed by atoms with Crippen molar-refractivity contribution in [2.24, 2.45) is 0 Å². The van der Waals surface area contributed by atoms with Crippen LogP contribution in [-0.2, 0) is 31.1 Å². The van der Waals surface area contributed by atoms with Gasteiger partial charge in [0.05, 0.1) is 35.9 Å². The van der Waals surface area contributed by atoms with Gasteiger partial charge in [0.25, 0.3) is 0 Å². The minimum atomic E-state index is -2.44. The van der Waals surface area contributed by atoms with Crippen LogP contribution in [0.1, 0.15) is 20.3 Å². The molecule has 19 heavy (non-hydrogen) atoms. The topological polar surface area (TPSA) is 98.7 Å². The van der Waals surface area contributed by atoms with Crippen molar-refractivity contribution < 1.29 is 25.9 Å². The highest BCUT2D eigenvalue weighted by Gasteiger charge is 2.05. The highest BCUT2D eigenvalue weighted by Crippen LogP contribution is 2.17. The molecule has 0 heterocycles. The molecule has 0 aliphatic carbocycles. The van der Waals surface area contributed by atoms with Crippen molar-refractivity contribution in [1.82, 2.24) is 0 Å². The monoisotopic (exact) mass is 350 g/mol. The van der Waals surface area contributed by atoms with Gasteiger partial charge in [0.2, 0.25) is 0 Å². The summed E-state index contributed by atoms with van der Waals surface area (Å²) in [5.74, 6) is 1.81. The molecular formula is C9H18O6S4-2. The van der Waals surface area contributed by atoms with Crippen LogP contribution in [0.3, 0.4) is 0 Å². The third-order valence-corrected chi connectivity index (χ3v) is 5.01. The summed E-state index contributed by atoms with van der Waals surface area (Å²) in [4.78, 5) is 0. The van der Waals surface area contributed by atoms with Crippen molar-refractivity contribution in [3.8, 4) is 0 Å².